The topological polar surface area (TPSA) is 85.6 Å². The minimum atomic E-state index is -0.638. The molecule has 1 aromatic heterocycles. The van der Waals surface area contributed by atoms with E-state index in [1.54, 1.807) is 6.92 Å². The van der Waals surface area contributed by atoms with Crippen LogP contribution in [0.2, 0.25) is 0 Å². The average molecular weight is 249 g/mol. The van der Waals surface area contributed by atoms with Crippen LogP contribution in [0.5, 0.6) is 5.75 Å². The second-order valence-electron chi connectivity index (χ2n) is 3.75. The number of ether oxygens (including phenoxy) is 1. The lowest BCUT2D eigenvalue weighted by molar-refractivity contribution is -0.389. The summed E-state index contributed by atoms with van der Waals surface area (Å²) in [7, 11) is 0. The van der Waals surface area contributed by atoms with Crippen molar-refractivity contribution in [1.29, 1.82) is 0 Å². The zero-order valence-electron chi connectivity index (χ0n) is 9.70. The Morgan fingerprint density at radius 3 is 3.00 bits per heavy atom. The fourth-order valence-corrected chi connectivity index (χ4v) is 1.68. The summed E-state index contributed by atoms with van der Waals surface area (Å²) in [6.07, 6.45) is 0.890. The lowest BCUT2D eigenvalue weighted by atomic mass is 10.2. The van der Waals surface area contributed by atoms with Crippen LogP contribution in [0, 0.1) is 10.1 Å². The van der Waals surface area contributed by atoms with Gasteiger partial charge in [0.25, 0.3) is 11.7 Å². The highest BCUT2D eigenvalue weighted by Crippen LogP contribution is 2.33. The van der Waals surface area contributed by atoms with Gasteiger partial charge in [0.2, 0.25) is 0 Å². The Bertz CT molecular complexity index is 529. The second kappa shape index (κ2) is 4.44. The van der Waals surface area contributed by atoms with Gasteiger partial charge in [0.15, 0.2) is 11.9 Å². The van der Waals surface area contributed by atoms with Gasteiger partial charge in [0, 0.05) is 12.6 Å². The normalized spacial score (nSPS) is 17.9. The zero-order chi connectivity index (χ0) is 13.3. The Morgan fingerprint density at radius 1 is 1.67 bits per heavy atom. The molecular formula is C11H11N3O4. The molecule has 1 unspecified atom stereocenters. The fourth-order valence-electron chi connectivity index (χ4n) is 1.68. The van der Waals surface area contributed by atoms with E-state index in [9.17, 15) is 14.9 Å². The summed E-state index contributed by atoms with van der Waals surface area (Å²) < 4.78 is 5.34. The number of amides is 1. The molecule has 0 bridgehead atoms. The molecule has 0 saturated carbocycles. The Hall–Kier alpha value is -2.44. The van der Waals surface area contributed by atoms with Crippen LogP contribution in [0.4, 0.5) is 11.6 Å². The van der Waals surface area contributed by atoms with E-state index in [1.165, 1.54) is 23.1 Å². The quantitative estimate of drug-likeness (QED) is 0.457. The smallest absolute Gasteiger partial charge is 0.366 e. The molecule has 94 valence electrons. The number of rotatable bonds is 3. The molecule has 0 aliphatic carbocycles. The number of carbonyl (C=O) groups excluding carboxylic acids is 1. The van der Waals surface area contributed by atoms with Crippen LogP contribution >= 0.6 is 0 Å². The van der Waals surface area contributed by atoms with Gasteiger partial charge in [-0.2, -0.15) is 0 Å². The van der Waals surface area contributed by atoms with Crippen molar-refractivity contribution in [2.45, 2.75) is 13.0 Å². The number of fused-ring (bicyclic) bond motifs is 1. The molecule has 2 rings (SSSR count). The van der Waals surface area contributed by atoms with Crippen LogP contribution in [-0.4, -0.2) is 28.5 Å². The van der Waals surface area contributed by atoms with Crippen molar-refractivity contribution >= 4 is 17.5 Å². The molecule has 0 aromatic carbocycles. The van der Waals surface area contributed by atoms with Gasteiger partial charge in [-0.05, 0) is 22.9 Å². The largest absolute Gasteiger partial charge is 0.475 e. The van der Waals surface area contributed by atoms with Crippen molar-refractivity contribution < 1.29 is 14.5 Å². The molecule has 1 atom stereocenters. The van der Waals surface area contributed by atoms with Gasteiger partial charge < -0.3 is 14.9 Å². The van der Waals surface area contributed by atoms with Gasteiger partial charge in [0.1, 0.15) is 0 Å². The van der Waals surface area contributed by atoms with Crippen molar-refractivity contribution in [2.24, 2.45) is 0 Å². The number of aromatic nitrogens is 1. The van der Waals surface area contributed by atoms with Gasteiger partial charge in [-0.3, -0.25) is 9.69 Å². The summed E-state index contributed by atoms with van der Waals surface area (Å²) in [6, 6.07) is 2.69. The number of nitro groups is 1. The number of pyridine rings is 1. The van der Waals surface area contributed by atoms with E-state index < -0.39 is 11.0 Å². The van der Waals surface area contributed by atoms with E-state index in [-0.39, 0.29) is 24.1 Å². The lowest BCUT2D eigenvalue weighted by Gasteiger charge is -2.28. The molecule has 7 nitrogen and oxygen atoms in total. The van der Waals surface area contributed by atoms with Crippen LogP contribution < -0.4 is 9.64 Å². The average Bonchev–Trinajstić information content (AvgIpc) is 2.34. The third kappa shape index (κ3) is 1.90. The molecule has 0 radical (unpaired) electrons. The van der Waals surface area contributed by atoms with E-state index in [1.807, 2.05) is 0 Å². The van der Waals surface area contributed by atoms with Crippen LogP contribution in [-0.2, 0) is 4.79 Å². The zero-order valence-corrected chi connectivity index (χ0v) is 9.70. The highest BCUT2D eigenvalue weighted by Gasteiger charge is 2.35. The van der Waals surface area contributed by atoms with Crippen molar-refractivity contribution in [1.82, 2.24) is 4.98 Å². The fraction of sp³-hybridized carbons (Fsp3) is 0.273. The summed E-state index contributed by atoms with van der Waals surface area (Å²) in [5, 5.41) is 10.7. The van der Waals surface area contributed by atoms with Crippen LogP contribution in [0.1, 0.15) is 6.92 Å². The molecular weight excluding hydrogens is 238 g/mol. The molecule has 18 heavy (non-hydrogen) atoms. The predicted octanol–water partition coefficient (Wildman–Crippen LogP) is 1.29. The molecule has 1 amide bonds. The Balaban J connectivity index is 2.51. The number of carbonyl (C=O) groups is 1. The van der Waals surface area contributed by atoms with Crippen molar-refractivity contribution in [2.75, 3.05) is 11.4 Å². The van der Waals surface area contributed by atoms with E-state index in [0.29, 0.717) is 5.75 Å². The van der Waals surface area contributed by atoms with Gasteiger partial charge in [-0.25, -0.2) is 0 Å². The third-order valence-corrected chi connectivity index (χ3v) is 2.50. The molecule has 1 aliphatic rings. The first kappa shape index (κ1) is 12.0. The van der Waals surface area contributed by atoms with Crippen LogP contribution in [0.3, 0.4) is 0 Å². The number of nitrogens with zero attached hydrogens (tertiary/aromatic N) is 3. The SMILES string of the molecule is C=CCN1C(=O)C(C)Oc2ccc([N+](=O)[O-])nc21. The maximum Gasteiger partial charge on any atom is 0.366 e. The highest BCUT2D eigenvalue weighted by molar-refractivity contribution is 5.99. The summed E-state index contributed by atoms with van der Waals surface area (Å²) in [6.45, 7) is 5.39. The molecule has 7 heteroatoms. The monoisotopic (exact) mass is 249 g/mol. The summed E-state index contributed by atoms with van der Waals surface area (Å²) in [5.41, 5.74) is 0. The van der Waals surface area contributed by atoms with E-state index >= 15 is 0 Å². The molecule has 1 aliphatic heterocycles. The predicted molar refractivity (Wildman–Crippen MR) is 63.5 cm³/mol. The number of hydrogen-bond donors (Lipinski definition) is 0. The number of hydrogen-bond acceptors (Lipinski definition) is 5. The van der Waals surface area contributed by atoms with E-state index in [2.05, 4.69) is 11.6 Å². The van der Waals surface area contributed by atoms with Crippen LogP contribution in [0.15, 0.2) is 24.8 Å². The van der Waals surface area contributed by atoms with Crippen molar-refractivity contribution in [3.8, 4) is 5.75 Å². The number of anilines is 1. The second-order valence-corrected chi connectivity index (χ2v) is 3.75. The minimum Gasteiger partial charge on any atom is -0.475 e. The first-order valence-electron chi connectivity index (χ1n) is 5.29. The van der Waals surface area contributed by atoms with Crippen LogP contribution in [0.25, 0.3) is 0 Å². The Kier molecular flexibility index (Phi) is 2.97. The van der Waals surface area contributed by atoms with Gasteiger partial charge in [-0.1, -0.05) is 6.08 Å². The van der Waals surface area contributed by atoms with Gasteiger partial charge >= 0.3 is 5.82 Å². The van der Waals surface area contributed by atoms with E-state index in [4.69, 9.17) is 4.74 Å². The van der Waals surface area contributed by atoms with Gasteiger partial charge in [-0.15, -0.1) is 6.58 Å². The maximum absolute atomic E-state index is 11.9. The molecule has 1 aromatic rings. The molecule has 0 saturated heterocycles. The maximum atomic E-state index is 11.9. The van der Waals surface area contributed by atoms with Crippen molar-refractivity contribution in [3.05, 3.63) is 34.9 Å². The summed E-state index contributed by atoms with van der Waals surface area (Å²) in [4.78, 5) is 27.1. The Labute approximate surface area is 103 Å². The molecule has 0 spiro atoms. The highest BCUT2D eigenvalue weighted by atomic mass is 16.6. The summed E-state index contributed by atoms with van der Waals surface area (Å²) >= 11 is 0. The Morgan fingerprint density at radius 2 is 2.39 bits per heavy atom. The third-order valence-electron chi connectivity index (χ3n) is 2.50. The standard InChI is InChI=1S/C11H11N3O4/c1-3-6-13-10-8(18-7(2)11(13)15)4-5-9(12-10)14(16)17/h3-5,7H,1,6H2,2H3. The molecule has 0 N–H and O–H groups in total. The molecule has 2 heterocycles. The molecule has 0 fully saturated rings. The minimum absolute atomic E-state index is 0.159. The van der Waals surface area contributed by atoms with Gasteiger partial charge in [0.05, 0.1) is 0 Å². The summed E-state index contributed by atoms with van der Waals surface area (Å²) in [5.74, 6) is -0.106. The van der Waals surface area contributed by atoms with Crippen molar-refractivity contribution in [3.63, 3.8) is 0 Å². The first-order chi connectivity index (χ1) is 8.54. The first-order valence-corrected chi connectivity index (χ1v) is 5.29. The lowest BCUT2D eigenvalue weighted by Crippen LogP contribution is -2.45. The van der Waals surface area contributed by atoms with E-state index in [0.717, 1.165) is 0 Å².